The maximum Gasteiger partial charge on any atom is 0.255 e. The second kappa shape index (κ2) is 5.23. The Bertz CT molecular complexity index is 642. The molecule has 3 rings (SSSR count). The highest BCUT2D eigenvalue weighted by Crippen LogP contribution is 2.21. The number of carbonyl (C=O) groups is 1. The van der Waals surface area contributed by atoms with Crippen molar-refractivity contribution in [3.05, 3.63) is 41.6 Å². The van der Waals surface area contributed by atoms with Gasteiger partial charge in [0.25, 0.3) is 5.91 Å². The number of hydrogen-bond donors (Lipinski definition) is 0. The van der Waals surface area contributed by atoms with Crippen LogP contribution in [-0.2, 0) is 0 Å². The van der Waals surface area contributed by atoms with E-state index in [2.05, 4.69) is 11.9 Å². The summed E-state index contributed by atoms with van der Waals surface area (Å²) >= 11 is 0. The molecule has 3 nitrogen and oxygen atoms in total. The Morgan fingerprint density at radius 3 is 2.70 bits per heavy atom. The lowest BCUT2D eigenvalue weighted by Crippen LogP contribution is -2.38. The van der Waals surface area contributed by atoms with Crippen LogP contribution in [0.25, 0.3) is 10.9 Å². The minimum Gasteiger partial charge on any atom is -0.339 e. The van der Waals surface area contributed by atoms with Crippen LogP contribution in [0.5, 0.6) is 0 Å². The Hall–Kier alpha value is -1.90. The van der Waals surface area contributed by atoms with Crippen LogP contribution in [0.4, 0.5) is 0 Å². The van der Waals surface area contributed by atoms with Gasteiger partial charge in [0, 0.05) is 18.5 Å². The minimum atomic E-state index is 0.132. The molecule has 1 aromatic heterocycles. The summed E-state index contributed by atoms with van der Waals surface area (Å²) in [7, 11) is 0. The van der Waals surface area contributed by atoms with Gasteiger partial charge in [-0.25, -0.2) is 0 Å². The van der Waals surface area contributed by atoms with E-state index in [1.165, 1.54) is 0 Å². The van der Waals surface area contributed by atoms with E-state index in [0.29, 0.717) is 0 Å². The summed E-state index contributed by atoms with van der Waals surface area (Å²) in [5, 5.41) is 1.03. The molecule has 0 N–H and O–H groups in total. The van der Waals surface area contributed by atoms with Crippen molar-refractivity contribution in [3.8, 4) is 0 Å². The van der Waals surface area contributed by atoms with Crippen molar-refractivity contribution < 1.29 is 4.79 Å². The number of para-hydroxylation sites is 1. The molecule has 0 spiro atoms. The highest BCUT2D eigenvalue weighted by atomic mass is 16.2. The topological polar surface area (TPSA) is 33.2 Å². The smallest absolute Gasteiger partial charge is 0.255 e. The number of amides is 1. The van der Waals surface area contributed by atoms with Gasteiger partial charge in [-0.1, -0.05) is 25.1 Å². The molecule has 2 aromatic rings. The molecule has 0 saturated carbocycles. The summed E-state index contributed by atoms with van der Waals surface area (Å²) in [4.78, 5) is 19.2. The van der Waals surface area contributed by atoms with Crippen LogP contribution in [0.15, 0.2) is 30.3 Å². The van der Waals surface area contributed by atoms with E-state index in [0.717, 1.165) is 54.0 Å². The van der Waals surface area contributed by atoms with Crippen molar-refractivity contribution in [3.63, 3.8) is 0 Å². The molecular formula is C17H20N2O. The fraction of sp³-hybridized carbons (Fsp3) is 0.412. The van der Waals surface area contributed by atoms with Gasteiger partial charge in [-0.2, -0.15) is 0 Å². The number of pyridine rings is 1. The third-order valence-electron chi connectivity index (χ3n) is 4.22. The van der Waals surface area contributed by atoms with E-state index < -0.39 is 0 Å². The predicted molar refractivity (Wildman–Crippen MR) is 80.8 cm³/mol. The molecule has 0 bridgehead atoms. The van der Waals surface area contributed by atoms with E-state index in [-0.39, 0.29) is 5.91 Å². The average molecular weight is 268 g/mol. The third-order valence-corrected chi connectivity index (χ3v) is 4.22. The molecule has 0 radical (unpaired) electrons. The number of likely N-dealkylation sites (tertiary alicyclic amines) is 1. The molecule has 1 aliphatic heterocycles. The van der Waals surface area contributed by atoms with E-state index in [4.69, 9.17) is 0 Å². The zero-order valence-electron chi connectivity index (χ0n) is 12.1. The van der Waals surface area contributed by atoms with Gasteiger partial charge in [-0.3, -0.25) is 9.78 Å². The first-order valence-electron chi connectivity index (χ1n) is 7.31. The van der Waals surface area contributed by atoms with Crippen molar-refractivity contribution in [2.75, 3.05) is 13.1 Å². The molecule has 1 fully saturated rings. The summed E-state index contributed by atoms with van der Waals surface area (Å²) in [6.45, 7) is 5.91. The second-order valence-corrected chi connectivity index (χ2v) is 5.79. The normalized spacial score (nSPS) is 16.6. The summed E-state index contributed by atoms with van der Waals surface area (Å²) in [5.74, 6) is 0.863. The molecule has 1 aliphatic rings. The number of fused-ring (bicyclic) bond motifs is 1. The molecule has 0 atom stereocenters. The number of nitrogens with zero attached hydrogens (tertiary/aromatic N) is 2. The molecule has 3 heteroatoms. The summed E-state index contributed by atoms with van der Waals surface area (Å²) in [6.07, 6.45) is 2.21. The highest BCUT2D eigenvalue weighted by molar-refractivity contribution is 5.98. The molecule has 0 unspecified atom stereocenters. The van der Waals surface area contributed by atoms with E-state index >= 15 is 0 Å². The lowest BCUT2D eigenvalue weighted by atomic mass is 9.98. The maximum atomic E-state index is 12.7. The first kappa shape index (κ1) is 13.1. The number of carbonyl (C=O) groups excluding carboxylic acids is 1. The van der Waals surface area contributed by atoms with E-state index in [9.17, 15) is 4.79 Å². The third kappa shape index (κ3) is 2.40. The monoisotopic (exact) mass is 268 g/mol. The van der Waals surface area contributed by atoms with Gasteiger partial charge in [-0.05, 0) is 37.8 Å². The summed E-state index contributed by atoms with van der Waals surface area (Å²) < 4.78 is 0. The summed E-state index contributed by atoms with van der Waals surface area (Å²) in [5.41, 5.74) is 2.53. The Morgan fingerprint density at radius 2 is 1.95 bits per heavy atom. The number of rotatable bonds is 1. The fourth-order valence-electron chi connectivity index (χ4n) is 2.81. The second-order valence-electron chi connectivity index (χ2n) is 5.79. The lowest BCUT2D eigenvalue weighted by molar-refractivity contribution is 0.0696. The SMILES string of the molecule is Cc1nc2ccccc2cc1C(=O)N1CCC(C)CC1. The largest absolute Gasteiger partial charge is 0.339 e. The zero-order chi connectivity index (χ0) is 14.1. The molecule has 1 aromatic carbocycles. The van der Waals surface area contributed by atoms with Crippen LogP contribution < -0.4 is 0 Å². The Morgan fingerprint density at radius 1 is 1.25 bits per heavy atom. The van der Waals surface area contributed by atoms with Gasteiger partial charge in [0.05, 0.1) is 16.8 Å². The average Bonchev–Trinajstić information content (AvgIpc) is 2.46. The molecule has 1 amide bonds. The number of benzene rings is 1. The predicted octanol–water partition coefficient (Wildman–Crippen LogP) is 3.42. The van der Waals surface area contributed by atoms with Crippen LogP contribution in [0.3, 0.4) is 0 Å². The van der Waals surface area contributed by atoms with Gasteiger partial charge in [0.15, 0.2) is 0 Å². The number of aryl methyl sites for hydroxylation is 1. The first-order valence-corrected chi connectivity index (χ1v) is 7.31. The standard InChI is InChI=1S/C17H20N2O/c1-12-7-9-19(10-8-12)17(20)15-11-14-5-3-4-6-16(14)18-13(15)2/h3-6,11-12H,7-10H2,1-2H3. The Labute approximate surface area is 119 Å². The van der Waals surface area contributed by atoms with Crippen molar-refractivity contribution in [2.24, 2.45) is 5.92 Å². The quantitative estimate of drug-likeness (QED) is 0.794. The molecule has 1 saturated heterocycles. The minimum absolute atomic E-state index is 0.132. The first-order chi connectivity index (χ1) is 9.65. The van der Waals surface area contributed by atoms with E-state index in [1.54, 1.807) is 0 Å². The fourth-order valence-corrected chi connectivity index (χ4v) is 2.81. The highest BCUT2D eigenvalue weighted by Gasteiger charge is 2.23. The van der Waals surface area contributed by atoms with Crippen LogP contribution in [0.1, 0.15) is 35.8 Å². The molecule has 104 valence electrons. The van der Waals surface area contributed by atoms with Crippen LogP contribution in [-0.4, -0.2) is 28.9 Å². The van der Waals surface area contributed by atoms with Crippen molar-refractivity contribution in [2.45, 2.75) is 26.7 Å². The van der Waals surface area contributed by atoms with Crippen LogP contribution in [0, 0.1) is 12.8 Å². The van der Waals surface area contributed by atoms with Gasteiger partial charge in [-0.15, -0.1) is 0 Å². The lowest BCUT2D eigenvalue weighted by Gasteiger charge is -2.30. The Balaban J connectivity index is 1.93. The zero-order valence-corrected chi connectivity index (χ0v) is 12.1. The van der Waals surface area contributed by atoms with Crippen molar-refractivity contribution >= 4 is 16.8 Å². The van der Waals surface area contributed by atoms with Gasteiger partial charge in [0.2, 0.25) is 0 Å². The van der Waals surface area contributed by atoms with E-state index in [1.807, 2.05) is 42.2 Å². The number of piperidine rings is 1. The molecule has 20 heavy (non-hydrogen) atoms. The molecule has 0 aliphatic carbocycles. The number of aromatic nitrogens is 1. The maximum absolute atomic E-state index is 12.7. The van der Waals surface area contributed by atoms with Gasteiger partial charge < -0.3 is 4.90 Å². The molecule has 2 heterocycles. The van der Waals surface area contributed by atoms with Gasteiger partial charge in [0.1, 0.15) is 0 Å². The van der Waals surface area contributed by atoms with Crippen molar-refractivity contribution in [1.82, 2.24) is 9.88 Å². The summed E-state index contributed by atoms with van der Waals surface area (Å²) in [6, 6.07) is 9.94. The van der Waals surface area contributed by atoms with Crippen LogP contribution in [0.2, 0.25) is 0 Å². The van der Waals surface area contributed by atoms with Crippen LogP contribution >= 0.6 is 0 Å². The Kier molecular flexibility index (Phi) is 3.43. The van der Waals surface area contributed by atoms with Crippen molar-refractivity contribution in [1.29, 1.82) is 0 Å². The molecular weight excluding hydrogens is 248 g/mol. The van der Waals surface area contributed by atoms with Gasteiger partial charge >= 0.3 is 0 Å². The number of hydrogen-bond acceptors (Lipinski definition) is 2.